The van der Waals surface area contributed by atoms with E-state index in [1.165, 1.54) is 16.6 Å². The van der Waals surface area contributed by atoms with Gasteiger partial charge < -0.3 is 9.88 Å². The largest absolute Gasteiger partial charge is 0.325 e. The summed E-state index contributed by atoms with van der Waals surface area (Å²) >= 11 is 9.05. The van der Waals surface area contributed by atoms with Crippen LogP contribution in [0.4, 0.5) is 5.69 Å². The van der Waals surface area contributed by atoms with Crippen LogP contribution >= 0.6 is 34.7 Å². The summed E-state index contributed by atoms with van der Waals surface area (Å²) in [6.45, 7) is 4.75. The van der Waals surface area contributed by atoms with Gasteiger partial charge in [-0.05, 0) is 49.1 Å². The second-order valence-corrected chi connectivity index (χ2v) is 8.11. The van der Waals surface area contributed by atoms with Crippen molar-refractivity contribution in [1.82, 2.24) is 14.8 Å². The summed E-state index contributed by atoms with van der Waals surface area (Å²) in [4.78, 5) is 13.5. The van der Waals surface area contributed by atoms with Gasteiger partial charge in [-0.25, -0.2) is 0 Å². The van der Waals surface area contributed by atoms with Crippen LogP contribution in [0.25, 0.3) is 0 Å². The topological polar surface area (TPSA) is 59.8 Å². The number of hydrogen-bond donors (Lipinski definition) is 1. The van der Waals surface area contributed by atoms with Crippen LogP contribution < -0.4 is 5.32 Å². The van der Waals surface area contributed by atoms with Crippen LogP contribution in [-0.2, 0) is 17.8 Å². The van der Waals surface area contributed by atoms with Crippen molar-refractivity contribution in [2.75, 3.05) is 11.1 Å². The van der Waals surface area contributed by atoms with Gasteiger partial charge in [0.25, 0.3) is 0 Å². The highest BCUT2D eigenvalue weighted by molar-refractivity contribution is 7.99. The summed E-state index contributed by atoms with van der Waals surface area (Å²) in [6, 6.07) is 9.53. The number of thiophene rings is 1. The Hall–Kier alpha value is -1.83. The number of carbonyl (C=O) groups excluding carboxylic acids is 1. The molecule has 8 heteroatoms. The van der Waals surface area contributed by atoms with E-state index >= 15 is 0 Å². The number of amides is 1. The predicted molar refractivity (Wildman–Crippen MR) is 108 cm³/mol. The van der Waals surface area contributed by atoms with Crippen LogP contribution in [0.2, 0.25) is 5.02 Å². The average Bonchev–Trinajstić information content (AvgIpc) is 3.25. The first-order valence-electron chi connectivity index (χ1n) is 8.20. The SMILES string of the molecule is CCn1c(Cc2cccs2)nnc1SCC(=O)Nc1ccc(Cl)cc1C. The van der Waals surface area contributed by atoms with Crippen molar-refractivity contribution in [2.45, 2.75) is 32.0 Å². The van der Waals surface area contributed by atoms with Crippen LogP contribution in [0, 0.1) is 6.92 Å². The third-order valence-corrected chi connectivity index (χ3v) is 5.90. The fourth-order valence-corrected chi connectivity index (χ4v) is 4.28. The number of thioether (sulfide) groups is 1. The minimum absolute atomic E-state index is 0.0779. The van der Waals surface area contributed by atoms with Crippen molar-refractivity contribution in [3.63, 3.8) is 0 Å². The molecule has 5 nitrogen and oxygen atoms in total. The van der Waals surface area contributed by atoms with Gasteiger partial charge in [-0.15, -0.1) is 21.5 Å². The summed E-state index contributed by atoms with van der Waals surface area (Å²) < 4.78 is 2.06. The van der Waals surface area contributed by atoms with Crippen molar-refractivity contribution in [2.24, 2.45) is 0 Å². The molecular formula is C18H19ClN4OS2. The van der Waals surface area contributed by atoms with Gasteiger partial charge in [0, 0.05) is 28.6 Å². The molecule has 0 spiro atoms. The second kappa shape index (κ2) is 8.70. The molecule has 0 unspecified atom stereocenters. The van der Waals surface area contributed by atoms with Crippen LogP contribution in [0.5, 0.6) is 0 Å². The standard InChI is InChI=1S/C18H19ClN4OS2/c1-3-23-16(10-14-5-4-8-25-14)21-22-18(23)26-11-17(24)20-15-7-6-13(19)9-12(15)2/h4-9H,3,10-11H2,1-2H3,(H,20,24). The Bertz CT molecular complexity index is 893. The highest BCUT2D eigenvalue weighted by Crippen LogP contribution is 2.22. The molecule has 136 valence electrons. The summed E-state index contributed by atoms with van der Waals surface area (Å²) in [7, 11) is 0. The van der Waals surface area contributed by atoms with E-state index in [2.05, 4.69) is 38.5 Å². The molecule has 1 aromatic carbocycles. The lowest BCUT2D eigenvalue weighted by Gasteiger charge is -2.09. The fourth-order valence-electron chi connectivity index (χ4n) is 2.53. The highest BCUT2D eigenvalue weighted by Gasteiger charge is 2.14. The minimum atomic E-state index is -0.0779. The van der Waals surface area contributed by atoms with E-state index < -0.39 is 0 Å². The fraction of sp³-hybridized carbons (Fsp3) is 0.278. The Labute approximate surface area is 165 Å². The summed E-state index contributed by atoms with van der Waals surface area (Å²) in [5.74, 6) is 1.12. The number of nitrogens with one attached hydrogen (secondary N) is 1. The zero-order valence-corrected chi connectivity index (χ0v) is 16.9. The molecule has 0 aliphatic heterocycles. The smallest absolute Gasteiger partial charge is 0.234 e. The molecule has 0 radical (unpaired) electrons. The average molecular weight is 407 g/mol. The molecule has 0 saturated carbocycles. The van der Waals surface area contributed by atoms with Gasteiger partial charge >= 0.3 is 0 Å². The zero-order valence-electron chi connectivity index (χ0n) is 14.5. The number of hydrogen-bond acceptors (Lipinski definition) is 5. The lowest BCUT2D eigenvalue weighted by atomic mass is 10.2. The molecule has 3 aromatic rings. The zero-order chi connectivity index (χ0) is 18.5. The molecule has 1 N–H and O–H groups in total. The van der Waals surface area contributed by atoms with Crippen molar-refractivity contribution in [1.29, 1.82) is 0 Å². The number of aromatic nitrogens is 3. The van der Waals surface area contributed by atoms with Gasteiger partial charge in [-0.3, -0.25) is 4.79 Å². The number of rotatable bonds is 7. The van der Waals surface area contributed by atoms with Crippen LogP contribution in [-0.4, -0.2) is 26.4 Å². The molecule has 3 rings (SSSR count). The maximum atomic E-state index is 12.3. The van der Waals surface area contributed by atoms with Crippen molar-refractivity contribution >= 4 is 46.3 Å². The molecule has 2 heterocycles. The van der Waals surface area contributed by atoms with Crippen molar-refractivity contribution in [3.8, 4) is 0 Å². The number of aryl methyl sites for hydroxylation is 1. The number of halogens is 1. The summed E-state index contributed by atoms with van der Waals surface area (Å²) in [5.41, 5.74) is 1.71. The molecular weight excluding hydrogens is 388 g/mol. The lowest BCUT2D eigenvalue weighted by Crippen LogP contribution is -2.15. The monoisotopic (exact) mass is 406 g/mol. The van der Waals surface area contributed by atoms with E-state index in [4.69, 9.17) is 11.6 Å². The summed E-state index contributed by atoms with van der Waals surface area (Å²) in [5, 5.41) is 15.0. The van der Waals surface area contributed by atoms with Gasteiger partial charge in [0.2, 0.25) is 5.91 Å². The lowest BCUT2D eigenvalue weighted by molar-refractivity contribution is -0.113. The first-order valence-corrected chi connectivity index (χ1v) is 10.4. The normalized spacial score (nSPS) is 10.9. The van der Waals surface area contributed by atoms with Gasteiger partial charge in [0.1, 0.15) is 5.82 Å². The predicted octanol–water partition coefficient (Wildman–Crippen LogP) is 4.64. The first-order chi connectivity index (χ1) is 12.6. The quantitative estimate of drug-likeness (QED) is 0.580. The number of carbonyl (C=O) groups is 1. The van der Waals surface area contributed by atoms with Gasteiger partial charge in [0.05, 0.1) is 5.75 Å². The maximum absolute atomic E-state index is 12.3. The van der Waals surface area contributed by atoms with Crippen LogP contribution in [0.1, 0.15) is 23.2 Å². The molecule has 0 aliphatic carbocycles. The van der Waals surface area contributed by atoms with E-state index in [9.17, 15) is 4.79 Å². The number of benzene rings is 1. The minimum Gasteiger partial charge on any atom is -0.325 e. The maximum Gasteiger partial charge on any atom is 0.234 e. The van der Waals surface area contributed by atoms with Crippen molar-refractivity contribution < 1.29 is 4.79 Å². The van der Waals surface area contributed by atoms with Crippen LogP contribution in [0.3, 0.4) is 0 Å². The third-order valence-electron chi connectivity index (χ3n) is 3.82. The van der Waals surface area contributed by atoms with Gasteiger partial charge in [0.15, 0.2) is 5.16 Å². The Morgan fingerprint density at radius 1 is 1.35 bits per heavy atom. The second-order valence-electron chi connectivity index (χ2n) is 5.70. The van der Waals surface area contributed by atoms with E-state index in [1.54, 1.807) is 17.4 Å². The van der Waals surface area contributed by atoms with E-state index in [1.807, 2.05) is 25.1 Å². The molecule has 0 atom stereocenters. The first kappa shape index (κ1) is 18.9. The van der Waals surface area contributed by atoms with Gasteiger partial charge in [-0.2, -0.15) is 0 Å². The Balaban J connectivity index is 1.62. The molecule has 2 aromatic heterocycles. The summed E-state index contributed by atoms with van der Waals surface area (Å²) in [6.07, 6.45) is 0.759. The number of nitrogens with zero attached hydrogens (tertiary/aromatic N) is 3. The molecule has 0 bridgehead atoms. The van der Waals surface area contributed by atoms with Crippen LogP contribution in [0.15, 0.2) is 40.9 Å². The van der Waals surface area contributed by atoms with E-state index in [-0.39, 0.29) is 11.7 Å². The highest BCUT2D eigenvalue weighted by atomic mass is 35.5. The van der Waals surface area contributed by atoms with Gasteiger partial charge in [-0.1, -0.05) is 29.4 Å². The third kappa shape index (κ3) is 4.66. The molecule has 0 fully saturated rings. The number of anilines is 1. The Morgan fingerprint density at radius 2 is 2.19 bits per heavy atom. The van der Waals surface area contributed by atoms with E-state index in [0.29, 0.717) is 5.02 Å². The Morgan fingerprint density at radius 3 is 2.88 bits per heavy atom. The molecule has 0 aliphatic rings. The van der Waals surface area contributed by atoms with Crippen molar-refractivity contribution in [3.05, 3.63) is 57.0 Å². The molecule has 1 amide bonds. The Kier molecular flexibility index (Phi) is 6.34. The molecule has 26 heavy (non-hydrogen) atoms. The molecule has 0 saturated heterocycles. The van der Waals surface area contributed by atoms with E-state index in [0.717, 1.165) is 35.2 Å².